The molecule has 0 bridgehead atoms. The first kappa shape index (κ1) is 14.8. The molecule has 0 amide bonds. The molecule has 9 heteroatoms. The van der Waals surface area contributed by atoms with Crippen LogP contribution in [-0.4, -0.2) is 35.6 Å². The van der Waals surface area contributed by atoms with E-state index in [0.717, 1.165) is 20.9 Å². The lowest BCUT2D eigenvalue weighted by Gasteiger charge is -2.01. The lowest BCUT2D eigenvalue weighted by atomic mass is 11.8. The maximum Gasteiger partial charge on any atom is 0.471 e. The first-order chi connectivity index (χ1) is 5.12. The average molecular weight is 222 g/mol. The Kier molecular flexibility index (Phi) is 7.17. The predicted octanol–water partition coefficient (Wildman–Crippen LogP) is 0.173. The molecule has 0 fully saturated rings. The summed E-state index contributed by atoms with van der Waals surface area (Å²) in [6.07, 6.45) is 0. The molecule has 0 unspecified atom stereocenters. The number of hydrogen-bond donors (Lipinski definition) is 3. The van der Waals surface area contributed by atoms with Crippen molar-refractivity contribution in [3.8, 4) is 0 Å². The highest BCUT2D eigenvalue weighted by molar-refractivity contribution is 7.50. The molecule has 12 heavy (non-hydrogen) atoms. The van der Waals surface area contributed by atoms with E-state index in [0.29, 0.717) is 0 Å². The Balaban J connectivity index is 0. The van der Waals surface area contributed by atoms with Gasteiger partial charge in [-0.05, 0) is 0 Å². The van der Waals surface area contributed by atoms with Crippen molar-refractivity contribution in [2.45, 2.75) is 0 Å². The van der Waals surface area contributed by atoms with Crippen molar-refractivity contribution >= 4 is 15.4 Å². The lowest BCUT2D eigenvalue weighted by Crippen LogP contribution is -1.83. The molecular weight excluding hydrogens is 210 g/mol. The van der Waals surface area contributed by atoms with Crippen LogP contribution in [0.25, 0.3) is 0 Å². The van der Waals surface area contributed by atoms with Gasteiger partial charge in [-0.2, -0.15) is 0 Å². The molecule has 3 N–H and O–H groups in total. The summed E-state index contributed by atoms with van der Waals surface area (Å²) in [5.41, 5.74) is 0. The van der Waals surface area contributed by atoms with Crippen molar-refractivity contribution < 1.29 is 32.9 Å². The highest BCUT2D eigenvalue weighted by Crippen LogP contribution is 2.40. The molecule has 0 atom stereocenters. The van der Waals surface area contributed by atoms with E-state index in [9.17, 15) is 9.13 Å². The van der Waals surface area contributed by atoms with Gasteiger partial charge in [-0.15, -0.1) is 0 Å². The zero-order valence-corrected chi connectivity index (χ0v) is 8.66. The smallest absolute Gasteiger partial charge is 0.325 e. The minimum absolute atomic E-state index is 0.854. The van der Waals surface area contributed by atoms with E-state index in [1.807, 2.05) is 0 Å². The van der Waals surface area contributed by atoms with Gasteiger partial charge in [-0.1, -0.05) is 0 Å². The van der Waals surface area contributed by atoms with Crippen molar-refractivity contribution in [3.63, 3.8) is 0 Å². The molecule has 0 aliphatic rings. The van der Waals surface area contributed by atoms with Crippen LogP contribution in [0.1, 0.15) is 0 Å². The van der Waals surface area contributed by atoms with E-state index in [1.54, 1.807) is 0 Å². The fourth-order valence-electron chi connectivity index (χ4n) is 0.0745. The third kappa shape index (κ3) is 22.5. The van der Waals surface area contributed by atoms with Crippen molar-refractivity contribution in [3.05, 3.63) is 0 Å². The molecule has 0 saturated heterocycles. The Labute approximate surface area is 70.1 Å². The summed E-state index contributed by atoms with van der Waals surface area (Å²) in [6.45, 7) is 0.854. The second-order valence-electron chi connectivity index (χ2n) is 1.67. The van der Waals surface area contributed by atoms with Crippen LogP contribution in [0, 0.1) is 0 Å². The Bertz CT molecular complexity index is 179. The standard InChI is InChI=1S/C2H7O4P.CH5O3P/c1-5-7(3,4)6-2;1-5(2,3)4/h1-2H3,(H,3,4);1H3,(H2,2,3,4). The van der Waals surface area contributed by atoms with Crippen molar-refractivity contribution in [1.29, 1.82) is 0 Å². The molecule has 0 aromatic heterocycles. The highest BCUT2D eigenvalue weighted by Gasteiger charge is 2.13. The Morgan fingerprint density at radius 1 is 1.00 bits per heavy atom. The van der Waals surface area contributed by atoms with Crippen molar-refractivity contribution in [2.24, 2.45) is 0 Å². The molecular formula is C3H12O7P2. The summed E-state index contributed by atoms with van der Waals surface area (Å²) in [4.78, 5) is 23.5. The average Bonchev–Trinajstić information content (AvgIpc) is 1.85. The largest absolute Gasteiger partial charge is 0.471 e. The molecule has 0 heterocycles. The summed E-state index contributed by atoms with van der Waals surface area (Å²) in [6, 6.07) is 0. The van der Waals surface area contributed by atoms with Gasteiger partial charge in [0, 0.05) is 20.9 Å². The van der Waals surface area contributed by atoms with Crippen LogP contribution < -0.4 is 0 Å². The molecule has 0 aromatic rings. The fraction of sp³-hybridized carbons (Fsp3) is 1.00. The molecule has 0 aliphatic carbocycles. The van der Waals surface area contributed by atoms with Crippen LogP contribution in [0.4, 0.5) is 0 Å². The van der Waals surface area contributed by atoms with Gasteiger partial charge in [0.05, 0.1) is 0 Å². The summed E-state index contributed by atoms with van der Waals surface area (Å²) in [5.74, 6) is 0. The molecule has 0 saturated carbocycles. The number of phosphoric acid groups is 1. The van der Waals surface area contributed by atoms with Gasteiger partial charge in [-0.25, -0.2) is 4.57 Å². The maximum atomic E-state index is 10.1. The van der Waals surface area contributed by atoms with Gasteiger partial charge in [0.25, 0.3) is 0 Å². The topological polar surface area (TPSA) is 113 Å². The fourth-order valence-corrected chi connectivity index (χ4v) is 0.224. The first-order valence-corrected chi connectivity index (χ1v) is 6.15. The van der Waals surface area contributed by atoms with Crippen LogP contribution in [0.2, 0.25) is 0 Å². The Hall–Kier alpha value is 0.260. The second-order valence-corrected chi connectivity index (χ2v) is 5.01. The molecule has 0 rings (SSSR count). The quantitative estimate of drug-likeness (QED) is 0.570. The molecule has 76 valence electrons. The molecule has 0 radical (unpaired) electrons. The normalized spacial score (nSPS) is 11.8. The van der Waals surface area contributed by atoms with Gasteiger partial charge in [0.1, 0.15) is 0 Å². The van der Waals surface area contributed by atoms with Crippen LogP contribution >= 0.6 is 15.4 Å². The summed E-state index contributed by atoms with van der Waals surface area (Å²) in [5, 5.41) is 0. The van der Waals surface area contributed by atoms with Crippen LogP contribution in [-0.2, 0) is 18.2 Å². The maximum absolute atomic E-state index is 10.1. The van der Waals surface area contributed by atoms with E-state index in [1.165, 1.54) is 0 Å². The second kappa shape index (κ2) is 5.83. The SMILES string of the molecule is COP(=O)(O)OC.CP(=O)(O)O. The number of hydrogen-bond acceptors (Lipinski definition) is 4. The van der Waals surface area contributed by atoms with E-state index in [-0.39, 0.29) is 0 Å². The summed E-state index contributed by atoms with van der Waals surface area (Å²) >= 11 is 0. The first-order valence-electron chi connectivity index (χ1n) is 2.59. The molecule has 0 aliphatic heterocycles. The zero-order chi connectivity index (χ0) is 10.4. The third-order valence-corrected chi connectivity index (χ3v) is 1.38. The van der Waals surface area contributed by atoms with E-state index in [4.69, 9.17) is 14.7 Å². The minimum atomic E-state index is -3.65. The van der Waals surface area contributed by atoms with Crippen LogP contribution in [0.5, 0.6) is 0 Å². The number of rotatable bonds is 2. The molecule has 7 nitrogen and oxygen atoms in total. The van der Waals surface area contributed by atoms with Crippen LogP contribution in [0.15, 0.2) is 0 Å². The van der Waals surface area contributed by atoms with Gasteiger partial charge >= 0.3 is 15.4 Å². The Morgan fingerprint density at radius 2 is 1.17 bits per heavy atom. The van der Waals surface area contributed by atoms with Gasteiger partial charge < -0.3 is 14.7 Å². The zero-order valence-electron chi connectivity index (χ0n) is 6.87. The van der Waals surface area contributed by atoms with Crippen molar-refractivity contribution in [2.75, 3.05) is 20.9 Å². The highest BCUT2D eigenvalue weighted by atomic mass is 31.2. The van der Waals surface area contributed by atoms with E-state index in [2.05, 4.69) is 9.05 Å². The van der Waals surface area contributed by atoms with Crippen LogP contribution in [0.3, 0.4) is 0 Å². The molecule has 0 aromatic carbocycles. The lowest BCUT2D eigenvalue weighted by molar-refractivity contribution is 0.204. The predicted molar refractivity (Wildman–Crippen MR) is 41.8 cm³/mol. The van der Waals surface area contributed by atoms with Gasteiger partial charge in [0.15, 0.2) is 0 Å². The van der Waals surface area contributed by atoms with E-state index >= 15 is 0 Å². The monoisotopic (exact) mass is 222 g/mol. The van der Waals surface area contributed by atoms with Gasteiger partial charge in [-0.3, -0.25) is 13.6 Å². The molecule has 0 spiro atoms. The van der Waals surface area contributed by atoms with Gasteiger partial charge in [0.2, 0.25) is 0 Å². The third-order valence-electron chi connectivity index (χ3n) is 0.461. The van der Waals surface area contributed by atoms with Crippen molar-refractivity contribution in [1.82, 2.24) is 0 Å². The van der Waals surface area contributed by atoms with E-state index < -0.39 is 15.4 Å². The summed E-state index contributed by atoms with van der Waals surface area (Å²) < 4.78 is 27.3. The minimum Gasteiger partial charge on any atom is -0.325 e. The Morgan fingerprint density at radius 3 is 1.17 bits per heavy atom. The number of phosphoric ester groups is 1. The summed E-state index contributed by atoms with van der Waals surface area (Å²) in [7, 11) is -5.09.